The van der Waals surface area contributed by atoms with Gasteiger partial charge >= 0.3 is 0 Å². The van der Waals surface area contributed by atoms with Crippen LogP contribution in [0.15, 0.2) is 29.3 Å². The lowest BCUT2D eigenvalue weighted by molar-refractivity contribution is 0.157. The van der Waals surface area contributed by atoms with Crippen LogP contribution in [0.4, 0.5) is 0 Å². The third-order valence-corrected chi connectivity index (χ3v) is 5.42. The minimum atomic E-state index is 0.219. The van der Waals surface area contributed by atoms with Crippen LogP contribution in [0.5, 0.6) is 0 Å². The molecule has 1 saturated carbocycles. The Balaban J connectivity index is 1.67. The van der Waals surface area contributed by atoms with E-state index in [4.69, 9.17) is 21.3 Å². The number of methoxy groups -OCH3 is 1. The first-order valence-corrected chi connectivity index (χ1v) is 9.33. The Kier molecular flexibility index (Phi) is 5.67. The van der Waals surface area contributed by atoms with Crippen LogP contribution in [-0.4, -0.2) is 50.8 Å². The Morgan fingerprint density at radius 3 is 2.75 bits per heavy atom. The number of hydrogen-bond acceptors (Lipinski definition) is 2. The lowest BCUT2D eigenvalue weighted by Gasteiger charge is -2.23. The molecule has 5 heteroatoms. The van der Waals surface area contributed by atoms with Crippen LogP contribution >= 0.6 is 11.6 Å². The number of aliphatic imine (C=N–C) groups is 1. The summed E-state index contributed by atoms with van der Waals surface area (Å²) in [5, 5.41) is 4.26. The minimum Gasteiger partial charge on any atom is -0.384 e. The Morgan fingerprint density at radius 1 is 1.38 bits per heavy atom. The maximum absolute atomic E-state index is 6.02. The molecule has 1 aromatic rings. The number of hydrogen-bond donors (Lipinski definition) is 1. The maximum Gasteiger partial charge on any atom is 0.193 e. The van der Waals surface area contributed by atoms with Crippen LogP contribution in [0.2, 0.25) is 5.02 Å². The van der Waals surface area contributed by atoms with Crippen molar-refractivity contribution in [2.75, 3.05) is 39.9 Å². The van der Waals surface area contributed by atoms with Gasteiger partial charge in [-0.25, -0.2) is 0 Å². The van der Waals surface area contributed by atoms with Gasteiger partial charge in [-0.3, -0.25) is 4.99 Å². The molecule has 132 valence electrons. The number of halogens is 1. The van der Waals surface area contributed by atoms with Crippen molar-refractivity contribution in [3.63, 3.8) is 0 Å². The van der Waals surface area contributed by atoms with E-state index in [0.717, 1.165) is 43.8 Å². The molecule has 0 spiro atoms. The van der Waals surface area contributed by atoms with Gasteiger partial charge in [-0.15, -0.1) is 0 Å². The van der Waals surface area contributed by atoms with Crippen molar-refractivity contribution in [1.29, 1.82) is 0 Å². The Morgan fingerprint density at radius 2 is 2.12 bits per heavy atom. The van der Waals surface area contributed by atoms with E-state index in [-0.39, 0.29) is 5.41 Å². The molecular formula is C19H28ClN3O. The predicted octanol–water partition coefficient (Wildman–Crippen LogP) is 3.31. The molecule has 24 heavy (non-hydrogen) atoms. The molecule has 2 aliphatic rings. The average Bonchev–Trinajstić information content (AvgIpc) is 3.23. The monoisotopic (exact) mass is 349 g/mol. The van der Waals surface area contributed by atoms with Crippen molar-refractivity contribution < 1.29 is 4.74 Å². The first kappa shape index (κ1) is 17.6. The summed E-state index contributed by atoms with van der Waals surface area (Å²) in [6.45, 7) is 6.82. The Hall–Kier alpha value is -1.26. The molecule has 4 nitrogen and oxygen atoms in total. The quantitative estimate of drug-likeness (QED) is 0.632. The lowest BCUT2D eigenvalue weighted by Crippen LogP contribution is -2.40. The van der Waals surface area contributed by atoms with E-state index in [0.29, 0.717) is 5.92 Å². The zero-order valence-corrected chi connectivity index (χ0v) is 15.5. The second-order valence-electron chi connectivity index (χ2n) is 7.01. The van der Waals surface area contributed by atoms with Crippen LogP contribution in [0, 0.1) is 5.92 Å². The molecule has 1 N–H and O–H groups in total. The highest BCUT2D eigenvalue weighted by molar-refractivity contribution is 6.30. The van der Waals surface area contributed by atoms with Crippen molar-refractivity contribution >= 4 is 17.6 Å². The van der Waals surface area contributed by atoms with Crippen molar-refractivity contribution in [3.05, 3.63) is 34.9 Å². The predicted molar refractivity (Wildman–Crippen MR) is 99.9 cm³/mol. The minimum absolute atomic E-state index is 0.219. The molecule has 0 amide bonds. The molecular weight excluding hydrogens is 322 g/mol. The Bertz CT molecular complexity index is 568. The highest BCUT2D eigenvalue weighted by atomic mass is 35.5. The molecule has 1 heterocycles. The topological polar surface area (TPSA) is 36.9 Å². The van der Waals surface area contributed by atoms with Crippen LogP contribution < -0.4 is 5.32 Å². The normalized spacial score (nSPS) is 22.7. The SMILES string of the molecule is CCNC(=NCC1(c2ccc(Cl)cc2)CC1)N1CCC(COC)C1. The third kappa shape index (κ3) is 4.04. The fourth-order valence-corrected chi connectivity index (χ4v) is 3.67. The van der Waals surface area contributed by atoms with E-state index < -0.39 is 0 Å². The van der Waals surface area contributed by atoms with Crippen LogP contribution in [0.1, 0.15) is 31.7 Å². The molecule has 0 radical (unpaired) electrons. The first-order chi connectivity index (χ1) is 11.7. The zero-order valence-electron chi connectivity index (χ0n) is 14.7. The summed E-state index contributed by atoms with van der Waals surface area (Å²) in [6.07, 6.45) is 3.61. The summed E-state index contributed by atoms with van der Waals surface area (Å²) in [5.74, 6) is 1.67. The van der Waals surface area contributed by atoms with Gasteiger partial charge in [0.15, 0.2) is 5.96 Å². The van der Waals surface area contributed by atoms with E-state index >= 15 is 0 Å². The summed E-state index contributed by atoms with van der Waals surface area (Å²) in [7, 11) is 1.78. The van der Waals surface area contributed by atoms with Gasteiger partial charge in [-0.1, -0.05) is 23.7 Å². The number of guanidine groups is 1. The number of rotatable bonds is 6. The maximum atomic E-state index is 6.02. The van der Waals surface area contributed by atoms with E-state index in [1.54, 1.807) is 7.11 Å². The largest absolute Gasteiger partial charge is 0.384 e. The summed E-state index contributed by atoms with van der Waals surface area (Å²) < 4.78 is 5.31. The van der Waals surface area contributed by atoms with Gasteiger partial charge in [0, 0.05) is 43.1 Å². The number of nitrogens with one attached hydrogen (secondary N) is 1. The average molecular weight is 350 g/mol. The third-order valence-electron chi connectivity index (χ3n) is 5.16. The van der Waals surface area contributed by atoms with Gasteiger partial charge in [0.05, 0.1) is 13.2 Å². The van der Waals surface area contributed by atoms with E-state index in [1.807, 2.05) is 12.1 Å². The van der Waals surface area contributed by atoms with Crippen LogP contribution in [0.25, 0.3) is 0 Å². The van der Waals surface area contributed by atoms with Gasteiger partial charge in [-0.2, -0.15) is 0 Å². The Labute approximate surface area is 150 Å². The molecule has 0 bridgehead atoms. The van der Waals surface area contributed by atoms with E-state index in [9.17, 15) is 0 Å². The molecule has 1 aliphatic carbocycles. The van der Waals surface area contributed by atoms with Crippen molar-refractivity contribution in [3.8, 4) is 0 Å². The molecule has 0 aromatic heterocycles. The van der Waals surface area contributed by atoms with Gasteiger partial charge in [-0.05, 0) is 43.9 Å². The molecule has 1 aliphatic heterocycles. The van der Waals surface area contributed by atoms with Crippen molar-refractivity contribution in [2.45, 2.75) is 31.6 Å². The molecule has 2 fully saturated rings. The highest BCUT2D eigenvalue weighted by Crippen LogP contribution is 2.48. The van der Waals surface area contributed by atoms with Crippen molar-refractivity contribution in [1.82, 2.24) is 10.2 Å². The number of likely N-dealkylation sites (tertiary alicyclic amines) is 1. The number of nitrogens with zero attached hydrogens (tertiary/aromatic N) is 2. The summed E-state index contributed by atoms with van der Waals surface area (Å²) in [5.41, 5.74) is 1.59. The van der Waals surface area contributed by atoms with Gasteiger partial charge in [0.2, 0.25) is 0 Å². The lowest BCUT2D eigenvalue weighted by atomic mass is 9.96. The standard InChI is InChI=1S/C19H28ClN3O/c1-3-21-18(23-11-8-15(12-23)13-24-2)22-14-19(9-10-19)16-4-6-17(20)7-5-16/h4-7,15H,3,8-14H2,1-2H3,(H,21,22). The van der Waals surface area contributed by atoms with Gasteiger partial charge < -0.3 is 15.0 Å². The van der Waals surface area contributed by atoms with E-state index in [2.05, 4.69) is 29.3 Å². The van der Waals surface area contributed by atoms with Gasteiger partial charge in [0.25, 0.3) is 0 Å². The van der Waals surface area contributed by atoms with Crippen molar-refractivity contribution in [2.24, 2.45) is 10.9 Å². The smallest absolute Gasteiger partial charge is 0.193 e. The summed E-state index contributed by atoms with van der Waals surface area (Å²) >= 11 is 6.02. The zero-order chi connectivity index (χ0) is 17.0. The first-order valence-electron chi connectivity index (χ1n) is 8.95. The van der Waals surface area contributed by atoms with Crippen LogP contribution in [-0.2, 0) is 10.2 Å². The molecule has 3 rings (SSSR count). The highest BCUT2D eigenvalue weighted by Gasteiger charge is 2.44. The number of ether oxygens (including phenoxy) is 1. The fourth-order valence-electron chi connectivity index (χ4n) is 3.54. The molecule has 1 aromatic carbocycles. The van der Waals surface area contributed by atoms with Gasteiger partial charge in [0.1, 0.15) is 0 Å². The number of benzene rings is 1. The molecule has 1 unspecified atom stereocenters. The molecule has 1 saturated heterocycles. The fraction of sp³-hybridized carbons (Fsp3) is 0.632. The van der Waals surface area contributed by atoms with E-state index in [1.165, 1.54) is 24.8 Å². The van der Waals surface area contributed by atoms with Crippen LogP contribution in [0.3, 0.4) is 0 Å². The summed E-state index contributed by atoms with van der Waals surface area (Å²) in [6, 6.07) is 8.29. The summed E-state index contributed by atoms with van der Waals surface area (Å²) in [4.78, 5) is 7.36. The second-order valence-corrected chi connectivity index (χ2v) is 7.45. The second kappa shape index (κ2) is 7.75. The molecule has 1 atom stereocenters.